The Morgan fingerprint density at radius 3 is 0.964 bits per heavy atom. The van der Waals surface area contributed by atoms with Gasteiger partial charge in [-0.3, -0.25) is 0 Å². The first-order valence-electron chi connectivity index (χ1n) is 25.7. The van der Waals surface area contributed by atoms with Gasteiger partial charge in [0.2, 0.25) is 0 Å². The van der Waals surface area contributed by atoms with Gasteiger partial charge in [0.15, 0.2) is 64.3 Å². The Morgan fingerprint density at radius 2 is 0.583 bits per heavy atom. The lowest BCUT2D eigenvalue weighted by Crippen LogP contribution is -2.40. The Morgan fingerprint density at radius 1 is 0.274 bits per heavy atom. The Labute approximate surface area is 472 Å². The second kappa shape index (κ2) is 19.7. The highest BCUT2D eigenvalue weighted by atomic mass is 16.5. The van der Waals surface area contributed by atoms with E-state index in [2.05, 4.69) is 0 Å². The molecule has 0 amide bonds. The van der Waals surface area contributed by atoms with Gasteiger partial charge in [0, 0.05) is 75.7 Å². The van der Waals surface area contributed by atoms with Crippen molar-refractivity contribution in [1.82, 2.24) is 0 Å². The van der Waals surface area contributed by atoms with Crippen LogP contribution in [0.4, 0.5) is 0 Å². The van der Waals surface area contributed by atoms with Crippen molar-refractivity contribution in [3.05, 3.63) is 164 Å². The van der Waals surface area contributed by atoms with E-state index in [0.717, 1.165) is 78.9 Å². The van der Waals surface area contributed by atoms with E-state index in [9.17, 15) is 102 Å². The molecule has 8 aromatic carbocycles. The van der Waals surface area contributed by atoms with E-state index in [1.807, 2.05) is 0 Å². The fourth-order valence-corrected chi connectivity index (χ4v) is 12.2. The second-order valence-electron chi connectivity index (χ2n) is 21.0. The van der Waals surface area contributed by atoms with Crippen LogP contribution < -0.4 is 18.9 Å². The van der Waals surface area contributed by atoms with Crippen LogP contribution in [-0.2, 0) is 6.42 Å². The molecular formula is C60H50O24. The molecule has 0 saturated carbocycles. The highest BCUT2D eigenvalue weighted by Gasteiger charge is 2.53. The maximum Gasteiger partial charge on any atom is 0.157 e. The molecule has 0 aromatic heterocycles. The fraction of sp³-hybridized carbons (Fsp3) is 0.200. The van der Waals surface area contributed by atoms with Crippen molar-refractivity contribution >= 4 is 0 Å². The molecule has 0 radical (unpaired) electrons. The van der Waals surface area contributed by atoms with Crippen LogP contribution in [0.5, 0.6) is 115 Å². The van der Waals surface area contributed by atoms with Crippen molar-refractivity contribution in [1.29, 1.82) is 0 Å². The van der Waals surface area contributed by atoms with Crippen LogP contribution in [0.25, 0.3) is 0 Å². The zero-order valence-corrected chi connectivity index (χ0v) is 43.0. The molecule has 24 nitrogen and oxygen atoms in total. The van der Waals surface area contributed by atoms with Gasteiger partial charge >= 0.3 is 0 Å². The largest absolute Gasteiger partial charge is 0.508 e. The van der Waals surface area contributed by atoms with Gasteiger partial charge in [-0.1, -0.05) is 24.3 Å². The second-order valence-corrected chi connectivity index (χ2v) is 21.0. The number of phenols is 16. The smallest absolute Gasteiger partial charge is 0.157 e. The van der Waals surface area contributed by atoms with Gasteiger partial charge in [0.05, 0.1) is 23.9 Å². The van der Waals surface area contributed by atoms with Crippen molar-refractivity contribution in [2.75, 3.05) is 0 Å². The summed E-state index contributed by atoms with van der Waals surface area (Å²) < 4.78 is 25.8. The van der Waals surface area contributed by atoms with Crippen molar-refractivity contribution in [2.24, 2.45) is 0 Å². The number of aliphatic hydroxyl groups is 4. The van der Waals surface area contributed by atoms with Gasteiger partial charge in [-0.25, -0.2) is 0 Å². The molecule has 0 fully saturated rings. The molecular weight excluding hydrogens is 1100 g/mol. The average Bonchev–Trinajstić information content (AvgIpc) is 1.45. The van der Waals surface area contributed by atoms with Gasteiger partial charge < -0.3 is 121 Å². The standard InChI is InChI=1S/C60H50O24/c61-23-13-34(71)42-41(14-23)81-55(20-2-6-26(63)31(68)10-20)51(78)48(42)44-36(73)17-38(75)46-50(53(80)57(83-59(44)46)22-4-8-28(65)33(70)12-22)47-39(76)18-37(74)45-49(52(79)56(84-60(45)47)21-3-7-27(64)32(69)11-21)43-35(72)16-29(66)24-15-40(77)54(82-58(24)43)19-1-5-25(62)30(67)9-19/h1-14,16-18,40,48-57,61-80H,15H2/t40-,48+,49+,50+,51-,52-,53-,54-,55-,56-,57-/m1/s1. The third-order valence-corrected chi connectivity index (χ3v) is 16.0. The maximum atomic E-state index is 13.1. The molecule has 11 atom stereocenters. The summed E-state index contributed by atoms with van der Waals surface area (Å²) in [6, 6.07) is 17.7. The lowest BCUT2D eigenvalue weighted by Gasteiger charge is -2.44. The Bertz CT molecular complexity index is 4030. The molecule has 8 aromatic rings. The van der Waals surface area contributed by atoms with E-state index in [-0.39, 0.29) is 39.1 Å². The molecule has 84 heavy (non-hydrogen) atoms. The molecule has 0 unspecified atom stereocenters. The summed E-state index contributed by atoms with van der Waals surface area (Å²) in [6.07, 6.45) is -14.8. The predicted molar refractivity (Wildman–Crippen MR) is 285 cm³/mol. The molecule has 4 aliphatic rings. The molecule has 0 spiro atoms. The van der Waals surface area contributed by atoms with Crippen molar-refractivity contribution in [3.63, 3.8) is 0 Å². The number of phenolic OH excluding ortho intramolecular Hbond substituents is 16. The van der Waals surface area contributed by atoms with E-state index in [4.69, 9.17) is 18.9 Å². The van der Waals surface area contributed by atoms with Gasteiger partial charge in [-0.05, 0) is 70.8 Å². The zero-order valence-electron chi connectivity index (χ0n) is 43.0. The minimum atomic E-state index is -2.15. The normalized spacial score (nSPS) is 24.0. The summed E-state index contributed by atoms with van der Waals surface area (Å²) in [5, 5.41) is 229. The van der Waals surface area contributed by atoms with Gasteiger partial charge in [0.1, 0.15) is 93.4 Å². The molecule has 0 bridgehead atoms. The van der Waals surface area contributed by atoms with Crippen LogP contribution in [0, 0.1) is 0 Å². The number of ether oxygens (including phenoxy) is 4. The number of aromatic hydroxyl groups is 16. The van der Waals surface area contributed by atoms with Gasteiger partial charge in [0.25, 0.3) is 0 Å². The van der Waals surface area contributed by atoms with Crippen LogP contribution in [0.3, 0.4) is 0 Å². The minimum Gasteiger partial charge on any atom is -0.508 e. The van der Waals surface area contributed by atoms with Crippen LogP contribution >= 0.6 is 0 Å². The van der Waals surface area contributed by atoms with Gasteiger partial charge in [-0.15, -0.1) is 0 Å². The summed E-state index contributed by atoms with van der Waals surface area (Å²) in [5.74, 6) is -19.0. The third kappa shape index (κ3) is 8.44. The van der Waals surface area contributed by atoms with Crippen molar-refractivity contribution < 1.29 is 121 Å². The number of rotatable bonds is 7. The van der Waals surface area contributed by atoms with E-state index in [1.165, 1.54) is 24.3 Å². The van der Waals surface area contributed by atoms with Crippen molar-refractivity contribution in [3.8, 4) is 115 Å². The quantitative estimate of drug-likeness (QED) is 0.0827. The van der Waals surface area contributed by atoms with E-state index in [0.29, 0.717) is 0 Å². The summed E-state index contributed by atoms with van der Waals surface area (Å²) in [5.41, 5.74) is -3.20. The Hall–Kier alpha value is -10.4. The molecule has 4 heterocycles. The summed E-state index contributed by atoms with van der Waals surface area (Å²) in [7, 11) is 0. The average molecular weight is 1160 g/mol. The molecule has 20 N–H and O–H groups in total. The summed E-state index contributed by atoms with van der Waals surface area (Å²) >= 11 is 0. The number of aliphatic hydroxyl groups excluding tert-OH is 4. The molecule has 4 aliphatic heterocycles. The number of fused-ring (bicyclic) bond motifs is 4. The highest BCUT2D eigenvalue weighted by molar-refractivity contribution is 5.73. The summed E-state index contributed by atoms with van der Waals surface area (Å²) in [4.78, 5) is 0. The van der Waals surface area contributed by atoms with E-state index < -0.39 is 210 Å². The monoisotopic (exact) mass is 1150 g/mol. The highest BCUT2D eigenvalue weighted by Crippen LogP contribution is 2.65. The molecule has 434 valence electrons. The first kappa shape index (κ1) is 54.2. The Kier molecular flexibility index (Phi) is 12.7. The van der Waals surface area contributed by atoms with E-state index >= 15 is 0 Å². The number of hydrogen-bond donors (Lipinski definition) is 20. The predicted octanol–water partition coefficient (Wildman–Crippen LogP) is 5.89. The van der Waals surface area contributed by atoms with Crippen LogP contribution in [-0.4, -0.2) is 127 Å². The maximum absolute atomic E-state index is 13.1. The minimum absolute atomic E-state index is 0.00111. The fourth-order valence-electron chi connectivity index (χ4n) is 12.2. The third-order valence-electron chi connectivity index (χ3n) is 16.0. The topological polar surface area (TPSA) is 442 Å². The molecule has 12 rings (SSSR count). The lowest BCUT2D eigenvalue weighted by molar-refractivity contribution is -0.00858. The van der Waals surface area contributed by atoms with Gasteiger partial charge in [-0.2, -0.15) is 0 Å². The first-order chi connectivity index (χ1) is 39.9. The van der Waals surface area contributed by atoms with Crippen LogP contribution in [0.2, 0.25) is 0 Å². The lowest BCUT2D eigenvalue weighted by atomic mass is 9.72. The molecule has 0 saturated heterocycles. The Balaban J connectivity index is 1.14. The zero-order chi connectivity index (χ0) is 59.8. The SMILES string of the molecule is Oc1cc(O)c2c(c1)O[C@H](c1ccc(O)c(O)c1)[C@H](O)[C@@H]2c1c(O)cc(O)c2c1O[C@H](c1ccc(O)c(O)c1)[C@H](O)[C@@H]2c1c(O)cc(O)c2c1O[C@H](c1ccc(O)c(O)c1)[C@H](O)[C@H]2c1c(O)cc(O)c2c1O[C@H](c1ccc(O)c(O)c1)[C@H](O)C2. The van der Waals surface area contributed by atoms with Crippen molar-refractivity contribution in [2.45, 2.75) is 73.0 Å². The molecule has 24 heteroatoms. The number of benzene rings is 8. The van der Waals surface area contributed by atoms with Crippen LogP contribution in [0.15, 0.2) is 103 Å². The molecule has 0 aliphatic carbocycles. The first-order valence-corrected chi connectivity index (χ1v) is 25.7. The number of hydrogen-bond acceptors (Lipinski definition) is 24. The summed E-state index contributed by atoms with van der Waals surface area (Å²) in [6.45, 7) is 0. The van der Waals surface area contributed by atoms with Crippen LogP contribution in [0.1, 0.15) is 103 Å². The van der Waals surface area contributed by atoms with E-state index in [1.54, 1.807) is 0 Å².